The molecule has 0 aromatic rings. The van der Waals surface area contributed by atoms with E-state index < -0.39 is 0 Å². The predicted molar refractivity (Wildman–Crippen MR) is 101 cm³/mol. The van der Waals surface area contributed by atoms with Crippen molar-refractivity contribution < 1.29 is 9.59 Å². The molecule has 0 aromatic heterocycles. The Morgan fingerprint density at radius 2 is 1.62 bits per heavy atom. The van der Waals surface area contributed by atoms with E-state index in [4.69, 9.17) is 0 Å². The number of unbranched alkanes of at least 4 members (excludes halogenated alkanes) is 7. The first-order chi connectivity index (χ1) is 11.8. The number of nitrogens with zero attached hydrogens (tertiary/aromatic N) is 1. The zero-order chi connectivity index (χ0) is 17.5. The van der Waals surface area contributed by atoms with Crippen LogP contribution >= 0.6 is 0 Å². The average Bonchev–Trinajstić information content (AvgIpc) is 2.80. The third kappa shape index (κ3) is 9.24. The smallest absolute Gasteiger partial charge is 0.222 e. The summed E-state index contributed by atoms with van der Waals surface area (Å²) < 4.78 is 0. The highest BCUT2D eigenvalue weighted by Gasteiger charge is 2.24. The van der Waals surface area contributed by atoms with E-state index in [0.29, 0.717) is 18.7 Å². The lowest BCUT2D eigenvalue weighted by atomic mass is 10.00. The van der Waals surface area contributed by atoms with Gasteiger partial charge in [-0.2, -0.15) is 0 Å². The fourth-order valence-corrected chi connectivity index (χ4v) is 3.66. The average molecular weight is 336 g/mol. The molecule has 1 aliphatic rings. The molecule has 1 atom stereocenters. The number of amides is 1. The van der Waals surface area contributed by atoms with Crippen LogP contribution in [0, 0.1) is 0 Å². The fraction of sp³-hybridized carbons (Fsp3) is 0.810. The maximum atomic E-state index is 12.3. The maximum Gasteiger partial charge on any atom is 0.222 e. The molecule has 24 heavy (non-hydrogen) atoms. The minimum absolute atomic E-state index is 0.286. The van der Waals surface area contributed by atoms with Gasteiger partial charge in [-0.05, 0) is 38.5 Å². The summed E-state index contributed by atoms with van der Waals surface area (Å²) >= 11 is 0. The molecule has 0 saturated carbocycles. The topological polar surface area (TPSA) is 37.4 Å². The van der Waals surface area contributed by atoms with Crippen molar-refractivity contribution in [1.29, 1.82) is 0 Å². The second-order valence-electron chi connectivity index (χ2n) is 7.14. The van der Waals surface area contributed by atoms with Crippen molar-refractivity contribution >= 4 is 12.2 Å². The molecule has 0 bridgehead atoms. The number of hydrogen-bond acceptors (Lipinski definition) is 2. The second-order valence-corrected chi connectivity index (χ2v) is 7.14. The van der Waals surface area contributed by atoms with Gasteiger partial charge in [0.15, 0.2) is 0 Å². The summed E-state index contributed by atoms with van der Waals surface area (Å²) in [5, 5.41) is 0. The van der Waals surface area contributed by atoms with Crippen molar-refractivity contribution in [3.63, 3.8) is 0 Å². The fourth-order valence-electron chi connectivity index (χ4n) is 3.66. The van der Waals surface area contributed by atoms with Crippen molar-refractivity contribution in [3.05, 3.63) is 12.7 Å². The van der Waals surface area contributed by atoms with E-state index in [1.165, 1.54) is 44.9 Å². The molecule has 0 radical (unpaired) electrons. The van der Waals surface area contributed by atoms with E-state index in [1.807, 2.05) is 6.08 Å². The van der Waals surface area contributed by atoms with Crippen LogP contribution in [0.3, 0.4) is 0 Å². The molecule has 138 valence electrons. The molecule has 1 unspecified atom stereocenters. The summed E-state index contributed by atoms with van der Waals surface area (Å²) in [6.07, 6.45) is 19.6. The quantitative estimate of drug-likeness (QED) is 0.241. The van der Waals surface area contributed by atoms with Gasteiger partial charge in [-0.3, -0.25) is 4.79 Å². The van der Waals surface area contributed by atoms with E-state index in [0.717, 1.165) is 51.4 Å². The molecule has 0 spiro atoms. The van der Waals surface area contributed by atoms with Crippen molar-refractivity contribution in [2.24, 2.45) is 0 Å². The highest BCUT2D eigenvalue weighted by atomic mass is 16.2. The standard InChI is InChI=1S/C21H37NO2/c1-2-3-4-5-6-7-8-9-11-15-20(16-14-19-23)22-18-13-10-12-17-21(22)24/h2,19-20H,1,3-18H2. The first-order valence-electron chi connectivity index (χ1n) is 10.1. The number of rotatable bonds is 14. The van der Waals surface area contributed by atoms with Gasteiger partial charge in [-0.1, -0.05) is 51.0 Å². The molecule has 1 fully saturated rings. The molecule has 3 nitrogen and oxygen atoms in total. The van der Waals surface area contributed by atoms with Gasteiger partial charge < -0.3 is 9.69 Å². The minimum atomic E-state index is 0.286. The summed E-state index contributed by atoms with van der Waals surface area (Å²) in [5.41, 5.74) is 0. The van der Waals surface area contributed by atoms with Crippen molar-refractivity contribution in [1.82, 2.24) is 4.90 Å². The van der Waals surface area contributed by atoms with Gasteiger partial charge in [0.25, 0.3) is 0 Å². The molecular weight excluding hydrogens is 298 g/mol. The van der Waals surface area contributed by atoms with E-state index >= 15 is 0 Å². The van der Waals surface area contributed by atoms with Gasteiger partial charge in [0, 0.05) is 25.4 Å². The third-order valence-corrected chi connectivity index (χ3v) is 5.11. The second kappa shape index (κ2) is 14.2. The van der Waals surface area contributed by atoms with Crippen molar-refractivity contribution in [2.75, 3.05) is 6.54 Å². The normalized spacial score (nSPS) is 16.7. The Morgan fingerprint density at radius 3 is 2.33 bits per heavy atom. The lowest BCUT2D eigenvalue weighted by Gasteiger charge is -2.31. The summed E-state index contributed by atoms with van der Waals surface area (Å²) in [6, 6.07) is 0.286. The third-order valence-electron chi connectivity index (χ3n) is 5.11. The molecule has 1 heterocycles. The number of likely N-dealkylation sites (tertiary alicyclic amines) is 1. The van der Waals surface area contributed by atoms with Gasteiger partial charge in [0.2, 0.25) is 5.91 Å². The number of carbonyl (C=O) groups is 2. The van der Waals surface area contributed by atoms with Crippen molar-refractivity contribution in [2.45, 2.75) is 102 Å². The first kappa shape index (κ1) is 20.9. The van der Waals surface area contributed by atoms with E-state index in [2.05, 4.69) is 11.5 Å². The molecule has 1 rings (SSSR count). The van der Waals surface area contributed by atoms with E-state index in [-0.39, 0.29) is 6.04 Å². The van der Waals surface area contributed by atoms with E-state index in [1.54, 1.807) is 0 Å². The zero-order valence-electron chi connectivity index (χ0n) is 15.5. The highest BCUT2D eigenvalue weighted by molar-refractivity contribution is 5.76. The summed E-state index contributed by atoms with van der Waals surface area (Å²) in [4.78, 5) is 25.2. The molecular formula is C21H37NO2. The number of carbonyl (C=O) groups excluding carboxylic acids is 2. The van der Waals surface area contributed by atoms with Crippen LogP contribution in [0.15, 0.2) is 12.7 Å². The number of aldehydes is 1. The monoisotopic (exact) mass is 335 g/mol. The Balaban J connectivity index is 2.23. The molecule has 1 aliphatic heterocycles. The Labute approximate surface area is 148 Å². The lowest BCUT2D eigenvalue weighted by molar-refractivity contribution is -0.133. The maximum absolute atomic E-state index is 12.3. The predicted octanol–water partition coefficient (Wildman–Crippen LogP) is 5.43. The molecule has 0 aliphatic carbocycles. The van der Waals surface area contributed by atoms with Crippen LogP contribution in [0.1, 0.15) is 96.3 Å². The Hall–Kier alpha value is -1.12. The van der Waals surface area contributed by atoms with Crippen LogP contribution < -0.4 is 0 Å². The summed E-state index contributed by atoms with van der Waals surface area (Å²) in [7, 11) is 0. The van der Waals surface area contributed by atoms with Gasteiger partial charge in [0.1, 0.15) is 6.29 Å². The Bertz CT molecular complexity index is 354. The minimum Gasteiger partial charge on any atom is -0.340 e. The van der Waals surface area contributed by atoms with Gasteiger partial charge in [-0.15, -0.1) is 6.58 Å². The molecule has 0 aromatic carbocycles. The highest BCUT2D eigenvalue weighted by Crippen LogP contribution is 2.21. The molecule has 1 amide bonds. The van der Waals surface area contributed by atoms with Crippen molar-refractivity contribution in [3.8, 4) is 0 Å². The van der Waals surface area contributed by atoms with Crippen LogP contribution in [-0.2, 0) is 9.59 Å². The summed E-state index contributed by atoms with van der Waals surface area (Å²) in [5.74, 6) is 0.311. The van der Waals surface area contributed by atoms with Gasteiger partial charge in [-0.25, -0.2) is 0 Å². The van der Waals surface area contributed by atoms with E-state index in [9.17, 15) is 9.59 Å². The number of hydrogen-bond donors (Lipinski definition) is 0. The lowest BCUT2D eigenvalue weighted by Crippen LogP contribution is -2.40. The molecule has 1 saturated heterocycles. The SMILES string of the molecule is C=CCCCCCCCCCC(CCC=O)N1CCCCCC1=O. The van der Waals surface area contributed by atoms with Gasteiger partial charge in [0.05, 0.1) is 0 Å². The van der Waals surface area contributed by atoms with Crippen LogP contribution in [0.25, 0.3) is 0 Å². The van der Waals surface area contributed by atoms with Crippen LogP contribution in [0.2, 0.25) is 0 Å². The summed E-state index contributed by atoms with van der Waals surface area (Å²) in [6.45, 7) is 4.65. The van der Waals surface area contributed by atoms with Crippen LogP contribution in [-0.4, -0.2) is 29.7 Å². The largest absolute Gasteiger partial charge is 0.340 e. The first-order valence-corrected chi connectivity index (χ1v) is 10.1. The number of allylic oxidation sites excluding steroid dienone is 1. The Kier molecular flexibility index (Phi) is 12.4. The van der Waals surface area contributed by atoms with Gasteiger partial charge >= 0.3 is 0 Å². The molecule has 3 heteroatoms. The molecule has 0 N–H and O–H groups in total. The van der Waals surface area contributed by atoms with Crippen LogP contribution in [0.5, 0.6) is 0 Å². The van der Waals surface area contributed by atoms with Crippen LogP contribution in [0.4, 0.5) is 0 Å². The zero-order valence-corrected chi connectivity index (χ0v) is 15.5. The Morgan fingerprint density at radius 1 is 0.917 bits per heavy atom.